The Morgan fingerprint density at radius 2 is 1.40 bits per heavy atom. The van der Waals surface area contributed by atoms with Gasteiger partial charge in [0, 0.05) is 6.61 Å². The molecular formula is C16H32O4. The third kappa shape index (κ3) is 13.8. The zero-order chi connectivity index (χ0) is 15.1. The molecule has 1 atom stereocenters. The number of ether oxygens (including phenoxy) is 1. The number of aliphatic carboxylic acids is 1. The van der Waals surface area contributed by atoms with E-state index >= 15 is 0 Å². The van der Waals surface area contributed by atoms with Crippen molar-refractivity contribution >= 4 is 5.97 Å². The highest BCUT2D eigenvalue weighted by molar-refractivity contribution is 5.69. The molecule has 0 rings (SSSR count). The predicted molar refractivity (Wildman–Crippen MR) is 80.9 cm³/mol. The van der Waals surface area contributed by atoms with E-state index in [9.17, 15) is 4.79 Å². The van der Waals surface area contributed by atoms with Crippen LogP contribution in [-0.4, -0.2) is 36.0 Å². The first-order chi connectivity index (χ1) is 9.68. The Hall–Kier alpha value is -0.610. The molecule has 0 aromatic heterocycles. The van der Waals surface area contributed by atoms with Gasteiger partial charge in [-0.25, -0.2) is 0 Å². The minimum absolute atomic E-state index is 0.116. The topological polar surface area (TPSA) is 66.8 Å². The number of aliphatic hydroxyl groups is 1. The van der Waals surface area contributed by atoms with E-state index in [-0.39, 0.29) is 12.5 Å². The van der Waals surface area contributed by atoms with Crippen LogP contribution in [0.3, 0.4) is 0 Å². The lowest BCUT2D eigenvalue weighted by Gasteiger charge is -2.05. The largest absolute Gasteiger partial charge is 0.481 e. The van der Waals surface area contributed by atoms with E-state index in [1.54, 1.807) is 6.92 Å². The van der Waals surface area contributed by atoms with Crippen LogP contribution in [0.25, 0.3) is 0 Å². The van der Waals surface area contributed by atoms with Crippen LogP contribution in [0.5, 0.6) is 0 Å². The molecule has 0 unspecified atom stereocenters. The monoisotopic (exact) mass is 288 g/mol. The van der Waals surface area contributed by atoms with Crippen molar-refractivity contribution in [2.75, 3.05) is 19.8 Å². The van der Waals surface area contributed by atoms with Crippen molar-refractivity contribution in [2.24, 2.45) is 5.92 Å². The first kappa shape index (κ1) is 19.4. The molecule has 120 valence electrons. The molecule has 0 spiro atoms. The quantitative estimate of drug-likeness (QED) is 0.452. The van der Waals surface area contributed by atoms with Crippen molar-refractivity contribution in [3.8, 4) is 0 Å². The molecule has 0 fully saturated rings. The van der Waals surface area contributed by atoms with Crippen LogP contribution in [0.1, 0.15) is 71.1 Å². The molecule has 20 heavy (non-hydrogen) atoms. The number of carbonyl (C=O) groups is 1. The van der Waals surface area contributed by atoms with Crippen LogP contribution < -0.4 is 0 Å². The lowest BCUT2D eigenvalue weighted by atomic mass is 10.0. The number of hydrogen-bond acceptors (Lipinski definition) is 3. The van der Waals surface area contributed by atoms with Crippen LogP contribution in [0.15, 0.2) is 0 Å². The molecule has 0 aliphatic heterocycles. The van der Waals surface area contributed by atoms with E-state index in [1.165, 1.54) is 38.5 Å². The normalized spacial score (nSPS) is 12.5. The van der Waals surface area contributed by atoms with Gasteiger partial charge in [0.25, 0.3) is 0 Å². The highest BCUT2D eigenvalue weighted by atomic mass is 16.5. The maximum atomic E-state index is 10.6. The van der Waals surface area contributed by atoms with Gasteiger partial charge in [0.15, 0.2) is 0 Å². The predicted octanol–water partition coefficient (Wildman–Crippen LogP) is 3.62. The lowest BCUT2D eigenvalue weighted by molar-refractivity contribution is -0.141. The SMILES string of the molecule is C[C@H](CCCCCCCCCCCOCCO)C(=O)O. The molecule has 0 amide bonds. The van der Waals surface area contributed by atoms with Crippen molar-refractivity contribution < 1.29 is 19.7 Å². The Kier molecular flexibility index (Phi) is 14.3. The Balaban J connectivity index is 3.04. The summed E-state index contributed by atoms with van der Waals surface area (Å²) in [5.41, 5.74) is 0. The standard InChI is InChI=1S/C16H32O4/c1-15(16(18)19)11-9-7-5-3-2-4-6-8-10-13-20-14-12-17/h15,17H,2-14H2,1H3,(H,18,19)/t15-/m1/s1. The third-order valence-electron chi connectivity index (χ3n) is 3.58. The molecule has 0 aliphatic rings. The zero-order valence-corrected chi connectivity index (χ0v) is 13.0. The first-order valence-corrected chi connectivity index (χ1v) is 8.10. The summed E-state index contributed by atoms with van der Waals surface area (Å²) in [5, 5.41) is 17.3. The maximum Gasteiger partial charge on any atom is 0.306 e. The van der Waals surface area contributed by atoms with Gasteiger partial charge in [-0.15, -0.1) is 0 Å². The van der Waals surface area contributed by atoms with Crippen molar-refractivity contribution in [2.45, 2.75) is 71.1 Å². The van der Waals surface area contributed by atoms with Crippen molar-refractivity contribution in [3.63, 3.8) is 0 Å². The van der Waals surface area contributed by atoms with E-state index < -0.39 is 5.97 Å². The smallest absolute Gasteiger partial charge is 0.306 e. The van der Waals surface area contributed by atoms with Gasteiger partial charge in [0.1, 0.15) is 0 Å². The molecule has 0 aliphatic carbocycles. The molecule has 0 saturated carbocycles. The third-order valence-corrected chi connectivity index (χ3v) is 3.58. The van der Waals surface area contributed by atoms with Crippen molar-refractivity contribution in [1.29, 1.82) is 0 Å². The number of carboxylic acid groups (broad SMARTS) is 1. The van der Waals surface area contributed by atoms with Gasteiger partial charge < -0.3 is 14.9 Å². The van der Waals surface area contributed by atoms with Crippen LogP contribution in [-0.2, 0) is 9.53 Å². The van der Waals surface area contributed by atoms with Gasteiger partial charge in [0.2, 0.25) is 0 Å². The number of rotatable bonds is 15. The van der Waals surface area contributed by atoms with E-state index in [2.05, 4.69) is 0 Å². The summed E-state index contributed by atoms with van der Waals surface area (Å²) in [4.78, 5) is 10.6. The summed E-state index contributed by atoms with van der Waals surface area (Å²) >= 11 is 0. The minimum atomic E-state index is -0.673. The molecule has 0 aromatic rings. The molecule has 2 N–H and O–H groups in total. The number of aliphatic hydroxyl groups excluding tert-OH is 1. The summed E-state index contributed by atoms with van der Waals surface area (Å²) in [7, 11) is 0. The lowest BCUT2D eigenvalue weighted by Crippen LogP contribution is -2.08. The van der Waals surface area contributed by atoms with Crippen molar-refractivity contribution in [3.05, 3.63) is 0 Å². The zero-order valence-electron chi connectivity index (χ0n) is 13.0. The van der Waals surface area contributed by atoms with Gasteiger partial charge in [-0.3, -0.25) is 4.79 Å². The summed E-state index contributed by atoms with van der Waals surface area (Å²) in [6.07, 6.45) is 11.6. The van der Waals surface area contributed by atoms with Gasteiger partial charge >= 0.3 is 5.97 Å². The van der Waals surface area contributed by atoms with E-state index in [0.29, 0.717) is 6.61 Å². The molecule has 0 aromatic carbocycles. The van der Waals surface area contributed by atoms with Gasteiger partial charge in [-0.05, 0) is 12.8 Å². The Labute approximate surface area is 123 Å². The van der Waals surface area contributed by atoms with E-state index in [1.807, 2.05) is 0 Å². The Bertz CT molecular complexity index is 219. The highest BCUT2D eigenvalue weighted by Crippen LogP contribution is 2.13. The Morgan fingerprint density at radius 1 is 0.900 bits per heavy atom. The summed E-state index contributed by atoms with van der Waals surface area (Å²) in [6.45, 7) is 3.13. The fourth-order valence-electron chi connectivity index (χ4n) is 2.18. The molecule has 0 bridgehead atoms. The highest BCUT2D eigenvalue weighted by Gasteiger charge is 2.09. The maximum absolute atomic E-state index is 10.6. The molecule has 0 radical (unpaired) electrons. The van der Waals surface area contributed by atoms with Crippen LogP contribution in [0, 0.1) is 5.92 Å². The van der Waals surface area contributed by atoms with Gasteiger partial charge in [-0.1, -0.05) is 58.3 Å². The fraction of sp³-hybridized carbons (Fsp3) is 0.938. The second kappa shape index (κ2) is 14.8. The number of hydrogen-bond donors (Lipinski definition) is 2. The van der Waals surface area contributed by atoms with Crippen LogP contribution in [0.4, 0.5) is 0 Å². The average molecular weight is 288 g/mol. The first-order valence-electron chi connectivity index (χ1n) is 8.10. The molecule has 0 heterocycles. The van der Waals surface area contributed by atoms with Crippen molar-refractivity contribution in [1.82, 2.24) is 0 Å². The van der Waals surface area contributed by atoms with Crippen LogP contribution >= 0.6 is 0 Å². The second-order valence-electron chi connectivity index (χ2n) is 5.55. The summed E-state index contributed by atoms with van der Waals surface area (Å²) < 4.78 is 5.20. The number of unbranched alkanes of at least 4 members (excludes halogenated alkanes) is 8. The van der Waals surface area contributed by atoms with E-state index in [0.717, 1.165) is 32.3 Å². The molecule has 0 saturated heterocycles. The van der Waals surface area contributed by atoms with Gasteiger partial charge in [-0.2, -0.15) is 0 Å². The molecule has 4 heteroatoms. The second-order valence-corrected chi connectivity index (χ2v) is 5.55. The summed E-state index contributed by atoms with van der Waals surface area (Å²) in [6, 6.07) is 0. The van der Waals surface area contributed by atoms with Crippen LogP contribution in [0.2, 0.25) is 0 Å². The number of carboxylic acids is 1. The van der Waals surface area contributed by atoms with E-state index in [4.69, 9.17) is 14.9 Å². The average Bonchev–Trinajstić information content (AvgIpc) is 2.43. The van der Waals surface area contributed by atoms with Gasteiger partial charge in [0.05, 0.1) is 19.1 Å². The summed E-state index contributed by atoms with van der Waals surface area (Å²) in [5.74, 6) is -0.865. The molecule has 4 nitrogen and oxygen atoms in total. The molecular weight excluding hydrogens is 256 g/mol. The fourth-order valence-corrected chi connectivity index (χ4v) is 2.18. The minimum Gasteiger partial charge on any atom is -0.481 e. The Morgan fingerprint density at radius 3 is 1.90 bits per heavy atom.